The fraction of sp³-hybridized carbons (Fsp3) is 0.118. The van der Waals surface area contributed by atoms with Gasteiger partial charge >= 0.3 is 0 Å². The van der Waals surface area contributed by atoms with Crippen molar-refractivity contribution in [2.75, 3.05) is 5.32 Å². The van der Waals surface area contributed by atoms with Gasteiger partial charge in [0.15, 0.2) is 0 Å². The van der Waals surface area contributed by atoms with E-state index in [9.17, 15) is 4.79 Å². The number of carbonyl (C=O) groups excluding carboxylic acids is 1. The van der Waals surface area contributed by atoms with Gasteiger partial charge in [0.05, 0.1) is 0 Å². The topological polar surface area (TPSA) is 29.1 Å². The minimum atomic E-state index is -0.0670. The molecule has 0 aliphatic rings. The Morgan fingerprint density at radius 2 is 1.85 bits per heavy atom. The number of hydrogen-bond acceptors (Lipinski definition) is 2. The molecule has 0 bridgehead atoms. The first-order chi connectivity index (χ1) is 9.63. The van der Waals surface area contributed by atoms with Crippen LogP contribution in [0.25, 0.3) is 10.1 Å². The SMILES string of the molecule is Cc1ccc(C(=O)Nc2ccc3sccc3c2)cc1C. The number of nitrogens with one attached hydrogen (secondary N) is 1. The van der Waals surface area contributed by atoms with Crippen LogP contribution in [0.2, 0.25) is 0 Å². The molecule has 3 rings (SSSR count). The third-order valence-corrected chi connectivity index (χ3v) is 4.38. The van der Waals surface area contributed by atoms with Crippen LogP contribution in [0.15, 0.2) is 47.8 Å². The fourth-order valence-electron chi connectivity index (χ4n) is 2.13. The summed E-state index contributed by atoms with van der Waals surface area (Å²) in [4.78, 5) is 12.2. The summed E-state index contributed by atoms with van der Waals surface area (Å²) >= 11 is 1.70. The Morgan fingerprint density at radius 1 is 1.00 bits per heavy atom. The molecule has 0 unspecified atom stereocenters. The van der Waals surface area contributed by atoms with Crippen LogP contribution in [-0.2, 0) is 0 Å². The third-order valence-electron chi connectivity index (χ3n) is 3.48. The zero-order chi connectivity index (χ0) is 14.1. The first-order valence-electron chi connectivity index (χ1n) is 6.49. The van der Waals surface area contributed by atoms with E-state index in [1.807, 2.05) is 50.2 Å². The Labute approximate surface area is 122 Å². The molecule has 3 aromatic rings. The Balaban J connectivity index is 1.85. The van der Waals surface area contributed by atoms with Gasteiger partial charge in [-0.1, -0.05) is 6.07 Å². The number of rotatable bonds is 2. The Kier molecular flexibility index (Phi) is 3.28. The molecule has 0 saturated carbocycles. The smallest absolute Gasteiger partial charge is 0.255 e. The van der Waals surface area contributed by atoms with Crippen molar-refractivity contribution >= 4 is 33.0 Å². The fourth-order valence-corrected chi connectivity index (χ4v) is 2.90. The normalized spacial score (nSPS) is 10.7. The van der Waals surface area contributed by atoms with Gasteiger partial charge in [0.25, 0.3) is 5.91 Å². The van der Waals surface area contributed by atoms with E-state index in [0.717, 1.165) is 16.6 Å². The molecule has 1 heterocycles. The standard InChI is InChI=1S/C17H15NOS/c1-11-3-4-14(9-12(11)2)17(19)18-15-5-6-16-13(10-15)7-8-20-16/h3-10H,1-2H3,(H,18,19). The Morgan fingerprint density at radius 3 is 2.65 bits per heavy atom. The van der Waals surface area contributed by atoms with E-state index in [1.54, 1.807) is 11.3 Å². The van der Waals surface area contributed by atoms with Gasteiger partial charge in [-0.25, -0.2) is 0 Å². The lowest BCUT2D eigenvalue weighted by Gasteiger charge is -2.07. The van der Waals surface area contributed by atoms with Crippen molar-refractivity contribution in [2.24, 2.45) is 0 Å². The number of anilines is 1. The van der Waals surface area contributed by atoms with Crippen molar-refractivity contribution < 1.29 is 4.79 Å². The van der Waals surface area contributed by atoms with Gasteiger partial charge in [-0.3, -0.25) is 4.79 Å². The van der Waals surface area contributed by atoms with Crippen LogP contribution in [0.4, 0.5) is 5.69 Å². The molecule has 0 aliphatic carbocycles. The molecule has 0 fully saturated rings. The molecule has 100 valence electrons. The number of benzene rings is 2. The van der Waals surface area contributed by atoms with Crippen molar-refractivity contribution in [3.05, 3.63) is 64.5 Å². The van der Waals surface area contributed by atoms with Gasteiger partial charge in [0.1, 0.15) is 0 Å². The molecule has 3 heteroatoms. The Bertz CT molecular complexity index is 789. The molecular weight excluding hydrogens is 266 g/mol. The van der Waals surface area contributed by atoms with E-state index < -0.39 is 0 Å². The first kappa shape index (κ1) is 12.9. The summed E-state index contributed by atoms with van der Waals surface area (Å²) in [5.41, 5.74) is 3.85. The number of amides is 1. The van der Waals surface area contributed by atoms with E-state index in [1.165, 1.54) is 10.3 Å². The molecular formula is C17H15NOS. The van der Waals surface area contributed by atoms with Crippen LogP contribution in [0, 0.1) is 13.8 Å². The summed E-state index contributed by atoms with van der Waals surface area (Å²) in [5, 5.41) is 6.17. The minimum Gasteiger partial charge on any atom is -0.322 e. The maximum atomic E-state index is 12.2. The van der Waals surface area contributed by atoms with E-state index >= 15 is 0 Å². The van der Waals surface area contributed by atoms with E-state index in [-0.39, 0.29) is 5.91 Å². The van der Waals surface area contributed by atoms with Gasteiger partial charge < -0.3 is 5.32 Å². The minimum absolute atomic E-state index is 0.0670. The highest BCUT2D eigenvalue weighted by Crippen LogP contribution is 2.24. The molecule has 0 aliphatic heterocycles. The van der Waals surface area contributed by atoms with Gasteiger partial charge in [0.2, 0.25) is 0 Å². The summed E-state index contributed by atoms with van der Waals surface area (Å²) in [6.07, 6.45) is 0. The second-order valence-electron chi connectivity index (χ2n) is 4.93. The highest BCUT2D eigenvalue weighted by molar-refractivity contribution is 7.17. The highest BCUT2D eigenvalue weighted by atomic mass is 32.1. The zero-order valence-corrected chi connectivity index (χ0v) is 12.3. The lowest BCUT2D eigenvalue weighted by molar-refractivity contribution is 0.102. The number of fused-ring (bicyclic) bond motifs is 1. The molecule has 0 spiro atoms. The maximum absolute atomic E-state index is 12.2. The zero-order valence-electron chi connectivity index (χ0n) is 11.4. The first-order valence-corrected chi connectivity index (χ1v) is 7.37. The van der Waals surface area contributed by atoms with E-state index in [4.69, 9.17) is 0 Å². The molecule has 0 atom stereocenters. The number of thiophene rings is 1. The summed E-state index contributed by atoms with van der Waals surface area (Å²) in [7, 11) is 0. The van der Waals surface area contributed by atoms with Crippen LogP contribution in [-0.4, -0.2) is 5.91 Å². The predicted octanol–water partition coefficient (Wildman–Crippen LogP) is 4.77. The van der Waals surface area contributed by atoms with Crippen molar-refractivity contribution in [3.63, 3.8) is 0 Å². The second-order valence-corrected chi connectivity index (χ2v) is 5.87. The molecule has 1 aromatic heterocycles. The predicted molar refractivity (Wildman–Crippen MR) is 85.7 cm³/mol. The lowest BCUT2D eigenvalue weighted by atomic mass is 10.1. The number of aryl methyl sites for hydroxylation is 2. The van der Waals surface area contributed by atoms with Gasteiger partial charge in [-0.15, -0.1) is 11.3 Å². The van der Waals surface area contributed by atoms with Gasteiger partial charge in [-0.2, -0.15) is 0 Å². The largest absolute Gasteiger partial charge is 0.322 e. The molecule has 2 aromatic carbocycles. The van der Waals surface area contributed by atoms with E-state index in [0.29, 0.717) is 5.56 Å². The van der Waals surface area contributed by atoms with Crippen LogP contribution in [0.5, 0.6) is 0 Å². The van der Waals surface area contributed by atoms with Crippen LogP contribution in [0.3, 0.4) is 0 Å². The lowest BCUT2D eigenvalue weighted by Crippen LogP contribution is -2.12. The van der Waals surface area contributed by atoms with Crippen LogP contribution >= 0.6 is 11.3 Å². The molecule has 0 saturated heterocycles. The van der Waals surface area contributed by atoms with Crippen LogP contribution < -0.4 is 5.32 Å². The summed E-state index contributed by atoms with van der Waals surface area (Å²) in [6.45, 7) is 4.06. The average molecular weight is 281 g/mol. The molecule has 2 nitrogen and oxygen atoms in total. The maximum Gasteiger partial charge on any atom is 0.255 e. The summed E-state index contributed by atoms with van der Waals surface area (Å²) < 4.78 is 1.23. The van der Waals surface area contributed by atoms with Crippen molar-refractivity contribution in [1.29, 1.82) is 0 Å². The molecule has 1 amide bonds. The second kappa shape index (κ2) is 5.10. The van der Waals surface area contributed by atoms with E-state index in [2.05, 4.69) is 16.8 Å². The van der Waals surface area contributed by atoms with Crippen molar-refractivity contribution in [2.45, 2.75) is 13.8 Å². The summed E-state index contributed by atoms with van der Waals surface area (Å²) in [5.74, 6) is -0.0670. The van der Waals surface area contributed by atoms with Gasteiger partial charge in [-0.05, 0) is 72.1 Å². The number of carbonyl (C=O) groups is 1. The van der Waals surface area contributed by atoms with Crippen molar-refractivity contribution in [1.82, 2.24) is 0 Å². The highest BCUT2D eigenvalue weighted by Gasteiger charge is 2.07. The third kappa shape index (κ3) is 2.45. The Hall–Kier alpha value is -2.13. The number of hydrogen-bond donors (Lipinski definition) is 1. The van der Waals surface area contributed by atoms with Crippen LogP contribution in [0.1, 0.15) is 21.5 Å². The molecule has 20 heavy (non-hydrogen) atoms. The molecule has 0 radical (unpaired) electrons. The summed E-state index contributed by atoms with van der Waals surface area (Å²) in [6, 6.07) is 13.8. The quantitative estimate of drug-likeness (QED) is 0.720. The molecule has 1 N–H and O–H groups in total. The van der Waals surface area contributed by atoms with Crippen molar-refractivity contribution in [3.8, 4) is 0 Å². The average Bonchev–Trinajstić information content (AvgIpc) is 2.89. The van der Waals surface area contributed by atoms with Gasteiger partial charge in [0, 0.05) is 16.0 Å². The monoisotopic (exact) mass is 281 g/mol.